The zero-order chi connectivity index (χ0) is 15.0. The first-order valence-electron chi connectivity index (χ1n) is 6.47. The molecule has 0 aliphatic heterocycles. The van der Waals surface area contributed by atoms with Crippen LogP contribution in [0.4, 0.5) is 5.13 Å². The molecule has 0 saturated heterocycles. The van der Waals surface area contributed by atoms with Crippen LogP contribution in [-0.4, -0.2) is 10.9 Å². The predicted octanol–water partition coefficient (Wildman–Crippen LogP) is 4.82. The average molecular weight is 317 g/mol. The number of fused-ring (bicyclic) bond motifs is 1. The Morgan fingerprint density at radius 3 is 2.52 bits per heavy atom. The van der Waals surface area contributed by atoms with Crippen molar-refractivity contribution in [3.05, 3.63) is 58.1 Å². The molecule has 0 unspecified atom stereocenters. The molecule has 0 aliphatic rings. The summed E-state index contributed by atoms with van der Waals surface area (Å²) in [6.45, 7) is 4.13. The van der Waals surface area contributed by atoms with Gasteiger partial charge < -0.3 is 0 Å². The number of thiazole rings is 1. The van der Waals surface area contributed by atoms with Gasteiger partial charge in [0.25, 0.3) is 5.91 Å². The molecule has 3 nitrogen and oxygen atoms in total. The molecule has 1 N–H and O–H groups in total. The van der Waals surface area contributed by atoms with Crippen LogP contribution in [0.25, 0.3) is 10.2 Å². The summed E-state index contributed by atoms with van der Waals surface area (Å²) in [5, 5.41) is 4.05. The second-order valence-corrected chi connectivity index (χ2v) is 6.35. The zero-order valence-electron chi connectivity index (χ0n) is 11.6. The second kappa shape index (κ2) is 5.47. The van der Waals surface area contributed by atoms with E-state index < -0.39 is 0 Å². The molecule has 5 heteroatoms. The fourth-order valence-corrected chi connectivity index (χ4v) is 3.07. The molecule has 3 aromatic rings. The number of halogens is 1. The third-order valence-electron chi connectivity index (χ3n) is 3.33. The molecule has 106 valence electrons. The van der Waals surface area contributed by atoms with Gasteiger partial charge in [0.2, 0.25) is 0 Å². The van der Waals surface area contributed by atoms with Gasteiger partial charge in [-0.15, -0.1) is 0 Å². The molecular formula is C16H13ClN2OS. The topological polar surface area (TPSA) is 42.0 Å². The lowest BCUT2D eigenvalue weighted by molar-refractivity contribution is 0.102. The molecule has 0 radical (unpaired) electrons. The van der Waals surface area contributed by atoms with Crippen molar-refractivity contribution in [2.45, 2.75) is 13.8 Å². The van der Waals surface area contributed by atoms with Gasteiger partial charge in [-0.05, 0) is 61.4 Å². The Morgan fingerprint density at radius 1 is 1.14 bits per heavy atom. The zero-order valence-corrected chi connectivity index (χ0v) is 13.2. The highest BCUT2D eigenvalue weighted by atomic mass is 35.5. The van der Waals surface area contributed by atoms with Crippen molar-refractivity contribution in [3.8, 4) is 0 Å². The molecule has 2 aromatic carbocycles. The van der Waals surface area contributed by atoms with Crippen LogP contribution in [0.15, 0.2) is 36.4 Å². The molecular weight excluding hydrogens is 304 g/mol. The first-order chi connectivity index (χ1) is 10.0. The minimum Gasteiger partial charge on any atom is -0.298 e. The average Bonchev–Trinajstić information content (AvgIpc) is 2.81. The van der Waals surface area contributed by atoms with Gasteiger partial charge >= 0.3 is 0 Å². The third-order valence-corrected chi connectivity index (χ3v) is 4.52. The summed E-state index contributed by atoms with van der Waals surface area (Å²) in [5.74, 6) is -0.181. The SMILES string of the molecule is Cc1cc2nc(NC(=O)c3ccc(Cl)cc3)sc2cc1C. The highest BCUT2D eigenvalue weighted by molar-refractivity contribution is 7.22. The first kappa shape index (κ1) is 14.0. The molecule has 21 heavy (non-hydrogen) atoms. The number of rotatable bonds is 2. The number of carbonyl (C=O) groups is 1. The Bertz CT molecular complexity index is 785. The lowest BCUT2D eigenvalue weighted by Crippen LogP contribution is -2.11. The number of benzene rings is 2. The van der Waals surface area contributed by atoms with Crippen molar-refractivity contribution in [1.29, 1.82) is 0 Å². The van der Waals surface area contributed by atoms with E-state index in [9.17, 15) is 4.79 Å². The van der Waals surface area contributed by atoms with Crippen molar-refractivity contribution in [3.63, 3.8) is 0 Å². The summed E-state index contributed by atoms with van der Waals surface area (Å²) >= 11 is 7.29. The standard InChI is InChI=1S/C16H13ClN2OS/c1-9-7-13-14(8-10(9)2)21-16(18-13)19-15(20)11-3-5-12(17)6-4-11/h3-8H,1-2H3,(H,18,19,20). The summed E-state index contributed by atoms with van der Waals surface area (Å²) in [4.78, 5) is 16.6. The Kier molecular flexibility index (Phi) is 3.66. The van der Waals surface area contributed by atoms with Gasteiger partial charge in [0.15, 0.2) is 5.13 Å². The van der Waals surface area contributed by atoms with Crippen LogP contribution in [-0.2, 0) is 0 Å². The van der Waals surface area contributed by atoms with Crippen LogP contribution < -0.4 is 5.32 Å². The highest BCUT2D eigenvalue weighted by Gasteiger charge is 2.10. The maximum absolute atomic E-state index is 12.1. The fraction of sp³-hybridized carbons (Fsp3) is 0.125. The van der Waals surface area contributed by atoms with Crippen LogP contribution in [0.1, 0.15) is 21.5 Å². The molecule has 0 atom stereocenters. The van der Waals surface area contributed by atoms with Crippen molar-refractivity contribution >= 4 is 44.2 Å². The number of nitrogens with zero attached hydrogens (tertiary/aromatic N) is 1. The molecule has 0 fully saturated rings. The fourth-order valence-electron chi connectivity index (χ4n) is 2.00. The van der Waals surface area contributed by atoms with Crippen molar-refractivity contribution in [2.75, 3.05) is 5.32 Å². The monoisotopic (exact) mass is 316 g/mol. The quantitative estimate of drug-likeness (QED) is 0.736. The van der Waals surface area contributed by atoms with Gasteiger partial charge in [0.05, 0.1) is 10.2 Å². The lowest BCUT2D eigenvalue weighted by Gasteiger charge is -2.01. The van der Waals surface area contributed by atoms with Gasteiger partial charge in [-0.3, -0.25) is 10.1 Å². The minimum atomic E-state index is -0.181. The summed E-state index contributed by atoms with van der Waals surface area (Å²) in [6.07, 6.45) is 0. The predicted molar refractivity (Wildman–Crippen MR) is 88.5 cm³/mol. The smallest absolute Gasteiger partial charge is 0.257 e. The van der Waals surface area contributed by atoms with Crippen LogP contribution in [0.2, 0.25) is 5.02 Å². The van der Waals surface area contributed by atoms with Crippen LogP contribution in [0.3, 0.4) is 0 Å². The summed E-state index contributed by atoms with van der Waals surface area (Å²) in [6, 6.07) is 10.9. The highest BCUT2D eigenvalue weighted by Crippen LogP contribution is 2.28. The third kappa shape index (κ3) is 2.91. The maximum Gasteiger partial charge on any atom is 0.257 e. The minimum absolute atomic E-state index is 0.181. The number of hydrogen-bond acceptors (Lipinski definition) is 3. The van der Waals surface area contributed by atoms with E-state index in [-0.39, 0.29) is 5.91 Å². The summed E-state index contributed by atoms with van der Waals surface area (Å²) in [7, 11) is 0. The van der Waals surface area contributed by atoms with Crippen LogP contribution in [0, 0.1) is 13.8 Å². The van der Waals surface area contributed by atoms with Crippen molar-refractivity contribution in [1.82, 2.24) is 4.98 Å². The number of amides is 1. The molecule has 0 saturated carbocycles. The van der Waals surface area contributed by atoms with Crippen LogP contribution >= 0.6 is 22.9 Å². The van der Waals surface area contributed by atoms with Gasteiger partial charge in [-0.1, -0.05) is 22.9 Å². The molecule has 1 amide bonds. The number of aryl methyl sites for hydroxylation is 2. The lowest BCUT2D eigenvalue weighted by atomic mass is 10.1. The molecule has 0 aliphatic carbocycles. The molecule has 1 aromatic heterocycles. The van der Waals surface area contributed by atoms with E-state index in [0.29, 0.717) is 15.7 Å². The van der Waals surface area contributed by atoms with E-state index in [1.165, 1.54) is 22.5 Å². The Hall–Kier alpha value is -1.91. The molecule has 3 rings (SSSR count). The first-order valence-corrected chi connectivity index (χ1v) is 7.67. The second-order valence-electron chi connectivity index (χ2n) is 4.88. The largest absolute Gasteiger partial charge is 0.298 e. The number of hydrogen-bond donors (Lipinski definition) is 1. The Balaban J connectivity index is 1.87. The van der Waals surface area contributed by atoms with Crippen molar-refractivity contribution in [2.24, 2.45) is 0 Å². The van der Waals surface area contributed by atoms with E-state index in [1.54, 1.807) is 24.3 Å². The Labute approximate surface area is 131 Å². The van der Waals surface area contributed by atoms with Crippen LogP contribution in [0.5, 0.6) is 0 Å². The molecule has 0 spiro atoms. The molecule has 1 heterocycles. The number of anilines is 1. The van der Waals surface area contributed by atoms with E-state index in [0.717, 1.165) is 10.2 Å². The number of carbonyl (C=O) groups excluding carboxylic acids is 1. The van der Waals surface area contributed by atoms with Crippen molar-refractivity contribution < 1.29 is 4.79 Å². The van der Waals surface area contributed by atoms with Gasteiger partial charge in [0, 0.05) is 10.6 Å². The number of nitrogens with one attached hydrogen (secondary N) is 1. The summed E-state index contributed by atoms with van der Waals surface area (Å²) in [5.41, 5.74) is 3.89. The van der Waals surface area contributed by atoms with E-state index in [4.69, 9.17) is 11.6 Å². The molecule has 0 bridgehead atoms. The normalized spacial score (nSPS) is 10.8. The van der Waals surface area contributed by atoms with Gasteiger partial charge in [-0.2, -0.15) is 0 Å². The Morgan fingerprint density at radius 2 is 1.81 bits per heavy atom. The van der Waals surface area contributed by atoms with Gasteiger partial charge in [0.1, 0.15) is 0 Å². The van der Waals surface area contributed by atoms with E-state index in [1.807, 2.05) is 6.07 Å². The van der Waals surface area contributed by atoms with E-state index in [2.05, 4.69) is 30.2 Å². The maximum atomic E-state index is 12.1. The van der Waals surface area contributed by atoms with E-state index >= 15 is 0 Å². The number of aromatic nitrogens is 1. The van der Waals surface area contributed by atoms with Gasteiger partial charge in [-0.25, -0.2) is 4.98 Å². The summed E-state index contributed by atoms with van der Waals surface area (Å²) < 4.78 is 1.07.